The van der Waals surface area contributed by atoms with Gasteiger partial charge in [-0.1, -0.05) is 19.8 Å². The molecule has 0 radical (unpaired) electrons. The number of carbonyl (C=O) groups excluding carboxylic acids is 2. The van der Waals surface area contributed by atoms with E-state index in [2.05, 4.69) is 6.92 Å². The standard InChI is InChI=1S/C12H17NO2/c1-2-4-9-5-3-6-10(9)13-11(14)7-8-12(13)15/h7-10H,2-6H2,1H3/t9-,10-/m0/s1. The molecular weight excluding hydrogens is 190 g/mol. The van der Waals surface area contributed by atoms with Crippen LogP contribution in [-0.4, -0.2) is 22.8 Å². The Morgan fingerprint density at radius 1 is 1.27 bits per heavy atom. The Kier molecular flexibility index (Phi) is 2.89. The van der Waals surface area contributed by atoms with Crippen molar-refractivity contribution >= 4 is 11.8 Å². The molecule has 3 heteroatoms. The van der Waals surface area contributed by atoms with Gasteiger partial charge in [0.05, 0.1) is 0 Å². The van der Waals surface area contributed by atoms with Crippen molar-refractivity contribution in [1.29, 1.82) is 0 Å². The zero-order chi connectivity index (χ0) is 10.8. The molecule has 1 aliphatic carbocycles. The van der Waals surface area contributed by atoms with E-state index >= 15 is 0 Å². The third-order valence-electron chi connectivity index (χ3n) is 3.45. The number of hydrogen-bond acceptors (Lipinski definition) is 2. The number of nitrogens with zero attached hydrogens (tertiary/aromatic N) is 1. The fourth-order valence-electron chi connectivity index (χ4n) is 2.80. The topological polar surface area (TPSA) is 37.4 Å². The number of rotatable bonds is 3. The molecule has 0 unspecified atom stereocenters. The second-order valence-corrected chi connectivity index (χ2v) is 4.43. The molecule has 1 aliphatic heterocycles. The molecule has 2 rings (SSSR count). The van der Waals surface area contributed by atoms with Crippen LogP contribution < -0.4 is 0 Å². The monoisotopic (exact) mass is 207 g/mol. The van der Waals surface area contributed by atoms with Gasteiger partial charge in [0.1, 0.15) is 0 Å². The zero-order valence-corrected chi connectivity index (χ0v) is 9.11. The third kappa shape index (κ3) is 1.83. The number of amides is 2. The summed E-state index contributed by atoms with van der Waals surface area (Å²) < 4.78 is 0. The minimum Gasteiger partial charge on any atom is -0.272 e. The molecule has 0 aromatic rings. The van der Waals surface area contributed by atoms with Crippen molar-refractivity contribution < 1.29 is 9.59 Å². The molecule has 0 aromatic heterocycles. The first-order valence-electron chi connectivity index (χ1n) is 5.79. The average molecular weight is 207 g/mol. The van der Waals surface area contributed by atoms with E-state index in [4.69, 9.17) is 0 Å². The van der Waals surface area contributed by atoms with Crippen LogP contribution in [0.2, 0.25) is 0 Å². The van der Waals surface area contributed by atoms with E-state index in [9.17, 15) is 9.59 Å². The van der Waals surface area contributed by atoms with E-state index in [1.165, 1.54) is 17.1 Å². The predicted octanol–water partition coefficient (Wildman–Crippen LogP) is 1.88. The number of imide groups is 1. The largest absolute Gasteiger partial charge is 0.272 e. The van der Waals surface area contributed by atoms with Crippen molar-refractivity contribution in [2.24, 2.45) is 5.92 Å². The van der Waals surface area contributed by atoms with Crippen LogP contribution in [0.4, 0.5) is 0 Å². The molecule has 1 fully saturated rings. The molecular formula is C12H17NO2. The van der Waals surface area contributed by atoms with E-state index in [1.807, 2.05) is 0 Å². The Balaban J connectivity index is 2.09. The summed E-state index contributed by atoms with van der Waals surface area (Å²) >= 11 is 0. The second-order valence-electron chi connectivity index (χ2n) is 4.43. The minimum atomic E-state index is -0.118. The Hall–Kier alpha value is -1.12. The predicted molar refractivity (Wildman–Crippen MR) is 57.0 cm³/mol. The molecule has 0 N–H and O–H groups in total. The summed E-state index contributed by atoms with van der Waals surface area (Å²) in [5, 5.41) is 0. The highest BCUT2D eigenvalue weighted by atomic mass is 16.2. The maximum atomic E-state index is 11.5. The lowest BCUT2D eigenvalue weighted by Gasteiger charge is -2.27. The highest BCUT2D eigenvalue weighted by Crippen LogP contribution is 2.34. The molecule has 2 atom stereocenters. The Morgan fingerprint density at radius 2 is 1.93 bits per heavy atom. The van der Waals surface area contributed by atoms with Crippen molar-refractivity contribution in [1.82, 2.24) is 4.90 Å². The molecule has 82 valence electrons. The summed E-state index contributed by atoms with van der Waals surface area (Å²) in [4.78, 5) is 24.5. The Labute approximate surface area is 90.1 Å². The van der Waals surface area contributed by atoms with E-state index in [1.54, 1.807) is 0 Å². The SMILES string of the molecule is CCC[C@H]1CCC[C@@H]1N1C(=O)C=CC1=O. The summed E-state index contributed by atoms with van der Waals surface area (Å²) in [5.74, 6) is 0.295. The number of carbonyl (C=O) groups is 2. The van der Waals surface area contributed by atoms with Gasteiger partial charge in [-0.3, -0.25) is 14.5 Å². The summed E-state index contributed by atoms with van der Waals surface area (Å²) in [6.45, 7) is 2.15. The van der Waals surface area contributed by atoms with Crippen molar-refractivity contribution in [2.75, 3.05) is 0 Å². The molecule has 2 amide bonds. The van der Waals surface area contributed by atoms with Crippen molar-refractivity contribution in [3.05, 3.63) is 12.2 Å². The summed E-state index contributed by atoms with van der Waals surface area (Å²) in [7, 11) is 0. The van der Waals surface area contributed by atoms with Gasteiger partial charge in [-0.05, 0) is 25.2 Å². The van der Waals surface area contributed by atoms with E-state index in [0.717, 1.165) is 32.1 Å². The van der Waals surface area contributed by atoms with Crippen LogP contribution >= 0.6 is 0 Å². The molecule has 1 saturated carbocycles. The number of hydrogen-bond donors (Lipinski definition) is 0. The first-order valence-corrected chi connectivity index (χ1v) is 5.79. The first-order chi connectivity index (χ1) is 7.24. The van der Waals surface area contributed by atoms with Gasteiger partial charge in [0, 0.05) is 18.2 Å². The second kappa shape index (κ2) is 4.17. The maximum absolute atomic E-state index is 11.5. The summed E-state index contributed by atoms with van der Waals surface area (Å²) in [6, 6.07) is 0.167. The quantitative estimate of drug-likeness (QED) is 0.663. The zero-order valence-electron chi connectivity index (χ0n) is 9.11. The molecule has 0 aromatic carbocycles. The van der Waals surface area contributed by atoms with Gasteiger partial charge in [0.25, 0.3) is 11.8 Å². The molecule has 3 nitrogen and oxygen atoms in total. The first kappa shape index (κ1) is 10.4. The van der Waals surface area contributed by atoms with Crippen molar-refractivity contribution in [3.63, 3.8) is 0 Å². The average Bonchev–Trinajstić information content (AvgIpc) is 2.75. The third-order valence-corrected chi connectivity index (χ3v) is 3.45. The lowest BCUT2D eigenvalue weighted by atomic mass is 9.97. The van der Waals surface area contributed by atoms with E-state index < -0.39 is 0 Å². The Bertz CT molecular complexity index is 291. The molecule has 2 aliphatic rings. The van der Waals surface area contributed by atoms with Crippen LogP contribution in [0.25, 0.3) is 0 Å². The molecule has 0 saturated heterocycles. The fourth-order valence-corrected chi connectivity index (χ4v) is 2.80. The summed E-state index contributed by atoms with van der Waals surface area (Å²) in [5.41, 5.74) is 0. The van der Waals surface area contributed by atoms with Gasteiger partial charge >= 0.3 is 0 Å². The van der Waals surface area contributed by atoms with Gasteiger partial charge in [0.2, 0.25) is 0 Å². The van der Waals surface area contributed by atoms with Gasteiger partial charge < -0.3 is 0 Å². The normalized spacial score (nSPS) is 30.6. The summed E-state index contributed by atoms with van der Waals surface area (Å²) in [6.07, 6.45) is 8.34. The van der Waals surface area contributed by atoms with Crippen LogP contribution in [0.5, 0.6) is 0 Å². The maximum Gasteiger partial charge on any atom is 0.253 e. The van der Waals surface area contributed by atoms with E-state index in [0.29, 0.717) is 5.92 Å². The van der Waals surface area contributed by atoms with Gasteiger partial charge in [-0.15, -0.1) is 0 Å². The highest BCUT2D eigenvalue weighted by molar-refractivity contribution is 6.13. The smallest absolute Gasteiger partial charge is 0.253 e. The van der Waals surface area contributed by atoms with Gasteiger partial charge in [-0.25, -0.2) is 0 Å². The van der Waals surface area contributed by atoms with Crippen LogP contribution in [0.15, 0.2) is 12.2 Å². The fraction of sp³-hybridized carbons (Fsp3) is 0.667. The van der Waals surface area contributed by atoms with Crippen LogP contribution in [-0.2, 0) is 9.59 Å². The van der Waals surface area contributed by atoms with Gasteiger partial charge in [-0.2, -0.15) is 0 Å². The molecule has 0 spiro atoms. The Morgan fingerprint density at radius 3 is 2.53 bits per heavy atom. The van der Waals surface area contributed by atoms with Crippen LogP contribution in [0.3, 0.4) is 0 Å². The van der Waals surface area contributed by atoms with Gasteiger partial charge in [0.15, 0.2) is 0 Å². The lowest BCUT2D eigenvalue weighted by Crippen LogP contribution is -2.42. The van der Waals surface area contributed by atoms with Crippen molar-refractivity contribution in [2.45, 2.75) is 45.1 Å². The van der Waals surface area contributed by atoms with Crippen LogP contribution in [0, 0.1) is 5.92 Å². The van der Waals surface area contributed by atoms with Crippen molar-refractivity contribution in [3.8, 4) is 0 Å². The van der Waals surface area contributed by atoms with E-state index in [-0.39, 0.29) is 17.9 Å². The molecule has 15 heavy (non-hydrogen) atoms. The molecule has 1 heterocycles. The molecule has 0 bridgehead atoms. The lowest BCUT2D eigenvalue weighted by molar-refractivity contribution is -0.140. The van der Waals surface area contributed by atoms with Crippen LogP contribution in [0.1, 0.15) is 39.0 Å². The highest BCUT2D eigenvalue weighted by Gasteiger charge is 2.38. The minimum absolute atomic E-state index is 0.118.